The van der Waals surface area contributed by atoms with Crippen molar-refractivity contribution in [1.82, 2.24) is 0 Å². The number of rotatable bonds is 1. The summed E-state index contributed by atoms with van der Waals surface area (Å²) in [5.41, 5.74) is 0. The molecule has 0 nitrogen and oxygen atoms in total. The Morgan fingerprint density at radius 3 is 2.43 bits per heavy atom. The molecular weight excluding hydrogens is 84.1 g/mol. The zero-order chi connectivity index (χ0) is 8.70. The van der Waals surface area contributed by atoms with Crippen molar-refractivity contribution in [2.24, 2.45) is 5.92 Å². The van der Waals surface area contributed by atoms with Gasteiger partial charge in [0.05, 0.1) is 0 Å². The smallest absolute Gasteiger partial charge is 0.0267 e. The molecule has 0 radical (unpaired) electrons. The van der Waals surface area contributed by atoms with E-state index in [4.69, 9.17) is 5.48 Å². The summed E-state index contributed by atoms with van der Waals surface area (Å²) in [7, 11) is 0. The van der Waals surface area contributed by atoms with Gasteiger partial charge in [-0.2, -0.15) is 0 Å². The van der Waals surface area contributed by atoms with E-state index in [1.807, 2.05) is 0 Å². The largest absolute Gasteiger partial charge is 0.103 e. The monoisotopic (exact) mass is 100 g/mol. The van der Waals surface area contributed by atoms with Crippen molar-refractivity contribution in [1.29, 1.82) is 0 Å². The average molecular weight is 100 g/mol. The Balaban J connectivity index is 2.79. The maximum atomic E-state index is 7.37. The van der Waals surface area contributed by atoms with Gasteiger partial charge in [-0.15, -0.1) is 6.58 Å². The van der Waals surface area contributed by atoms with Crippen LogP contribution in [0.25, 0.3) is 0 Å². The highest BCUT2D eigenvalue weighted by atomic mass is 14.1. The van der Waals surface area contributed by atoms with Gasteiger partial charge in [-0.1, -0.05) is 18.8 Å². The molecule has 7 heavy (non-hydrogen) atoms. The highest BCUT2D eigenvalue weighted by Gasteiger charge is 2.09. The molecule has 1 saturated carbocycles. The van der Waals surface area contributed by atoms with E-state index in [1.54, 1.807) is 6.08 Å². The van der Waals surface area contributed by atoms with E-state index in [0.29, 0.717) is 0 Å². The van der Waals surface area contributed by atoms with Crippen LogP contribution in [0.5, 0.6) is 0 Å². The molecule has 0 amide bonds. The van der Waals surface area contributed by atoms with Gasteiger partial charge in [-0.3, -0.25) is 0 Å². The summed E-state index contributed by atoms with van der Waals surface area (Å²) in [5, 5.41) is 0. The lowest BCUT2D eigenvalue weighted by Crippen LogP contribution is -1.81. The lowest BCUT2D eigenvalue weighted by molar-refractivity contribution is 0.688. The van der Waals surface area contributed by atoms with Gasteiger partial charge < -0.3 is 0 Å². The van der Waals surface area contributed by atoms with E-state index in [9.17, 15) is 0 Å². The van der Waals surface area contributed by atoms with Crippen LogP contribution in [-0.4, -0.2) is 0 Å². The second kappa shape index (κ2) is 2.15. The normalized spacial score (nSPS) is 45.7. The number of hydrogen-bond acceptors (Lipinski definition) is 0. The quantitative estimate of drug-likeness (QED) is 0.444. The summed E-state index contributed by atoms with van der Waals surface area (Å²) >= 11 is 0. The molecule has 0 heteroatoms. The fourth-order valence-electron chi connectivity index (χ4n) is 0.645. The Kier molecular flexibility index (Phi) is 0.592. The van der Waals surface area contributed by atoms with Gasteiger partial charge in [-0.05, 0) is 18.8 Å². The van der Waals surface area contributed by atoms with E-state index >= 15 is 0 Å². The Labute approximate surface area is 50.9 Å². The van der Waals surface area contributed by atoms with Gasteiger partial charge in [-0.25, -0.2) is 0 Å². The molecule has 1 aliphatic rings. The van der Waals surface area contributed by atoms with Crippen LogP contribution in [0.3, 0.4) is 0 Å². The molecular formula is C7H12. The van der Waals surface area contributed by atoms with Gasteiger partial charge in [0.15, 0.2) is 0 Å². The molecule has 0 aliphatic heterocycles. The van der Waals surface area contributed by atoms with Crippen molar-refractivity contribution >= 4 is 0 Å². The predicted octanol–water partition coefficient (Wildman–Crippen LogP) is 2.36. The summed E-state index contributed by atoms with van der Waals surface area (Å²) in [5.74, 6) is -0.000000000000000222. The van der Waals surface area contributed by atoms with Crippen LogP contribution >= 0.6 is 0 Å². The fourth-order valence-corrected chi connectivity index (χ4v) is 0.645. The third kappa shape index (κ3) is 1.05. The first-order valence-corrected chi connectivity index (χ1v) is 2.52. The molecule has 0 aromatic heterocycles. The molecule has 0 N–H and O–H groups in total. The second-order valence-electron chi connectivity index (χ2n) is 1.76. The van der Waals surface area contributed by atoms with E-state index in [0.717, 1.165) is 0 Å². The lowest BCUT2D eigenvalue weighted by atomic mass is 10.1. The van der Waals surface area contributed by atoms with Crippen molar-refractivity contribution < 1.29 is 5.48 Å². The lowest BCUT2D eigenvalue weighted by Gasteiger charge is -1.94. The Morgan fingerprint density at radius 2 is 2.14 bits per heavy atom. The van der Waals surface area contributed by atoms with E-state index in [-0.39, 0.29) is 18.8 Å². The molecule has 0 atom stereocenters. The van der Waals surface area contributed by atoms with E-state index in [2.05, 4.69) is 6.58 Å². The molecule has 1 rings (SSSR count). The van der Waals surface area contributed by atoms with Crippen molar-refractivity contribution in [3.63, 3.8) is 0 Å². The summed E-state index contributed by atoms with van der Waals surface area (Å²) in [6.45, 7) is 3.54. The van der Waals surface area contributed by atoms with Crippen molar-refractivity contribution in [2.75, 3.05) is 0 Å². The van der Waals surface area contributed by atoms with Gasteiger partial charge in [0, 0.05) is 5.48 Å². The summed E-state index contributed by atoms with van der Waals surface area (Å²) < 4.78 is 29.5. The van der Waals surface area contributed by atoms with Crippen LogP contribution in [0.1, 0.15) is 31.1 Å². The molecule has 40 valence electrons. The minimum atomic E-state index is -1.67. The van der Waals surface area contributed by atoms with E-state index < -0.39 is 12.7 Å². The molecule has 0 heterocycles. The number of allylic oxidation sites excluding steroid dienone is 1. The predicted molar refractivity (Wildman–Crippen MR) is 32.2 cm³/mol. The summed E-state index contributed by atoms with van der Waals surface area (Å²) in [6, 6.07) is 0. The zero-order valence-corrected chi connectivity index (χ0v) is 4.28. The second-order valence-corrected chi connectivity index (χ2v) is 1.76. The molecule has 0 aromatic carbocycles. The van der Waals surface area contributed by atoms with Crippen molar-refractivity contribution in [3.8, 4) is 0 Å². The molecule has 0 bridgehead atoms. The topological polar surface area (TPSA) is 0 Å². The first kappa shape index (κ1) is 1.93. The highest BCUT2D eigenvalue weighted by molar-refractivity contribution is 4.82. The first-order chi connectivity index (χ1) is 4.89. The zero-order valence-electron chi connectivity index (χ0n) is 8.28. The van der Waals surface area contributed by atoms with Crippen molar-refractivity contribution in [3.05, 3.63) is 12.7 Å². The third-order valence-corrected chi connectivity index (χ3v) is 1.19. The summed E-state index contributed by atoms with van der Waals surface area (Å²) in [6.07, 6.45) is -1.17. The standard InChI is InChI=1S/C7H12/c1-2-7-5-3-4-6-7/h2,7H,1,3-6H2/i3D2,4D2. The Bertz CT molecular complexity index is 157. The first-order valence-electron chi connectivity index (χ1n) is 4.52. The molecule has 1 aliphatic carbocycles. The van der Waals surface area contributed by atoms with Gasteiger partial charge in [0.25, 0.3) is 0 Å². The molecule has 0 aromatic rings. The fraction of sp³-hybridized carbons (Fsp3) is 0.714. The maximum absolute atomic E-state index is 7.37. The van der Waals surface area contributed by atoms with Crippen LogP contribution < -0.4 is 0 Å². The van der Waals surface area contributed by atoms with Gasteiger partial charge in [0.1, 0.15) is 0 Å². The van der Waals surface area contributed by atoms with Crippen LogP contribution in [0.4, 0.5) is 0 Å². The van der Waals surface area contributed by atoms with Crippen LogP contribution in [-0.2, 0) is 0 Å². The van der Waals surface area contributed by atoms with Crippen molar-refractivity contribution in [2.45, 2.75) is 25.6 Å². The Morgan fingerprint density at radius 1 is 1.57 bits per heavy atom. The highest BCUT2D eigenvalue weighted by Crippen LogP contribution is 2.24. The minimum absolute atomic E-state index is 0.000000000000000222. The number of hydrogen-bond donors (Lipinski definition) is 0. The molecule has 1 fully saturated rings. The van der Waals surface area contributed by atoms with Crippen LogP contribution in [0, 0.1) is 5.92 Å². The molecule has 0 saturated heterocycles. The molecule has 0 spiro atoms. The van der Waals surface area contributed by atoms with Gasteiger partial charge in [0.2, 0.25) is 0 Å². The van der Waals surface area contributed by atoms with Gasteiger partial charge >= 0.3 is 0 Å². The van der Waals surface area contributed by atoms with E-state index in [1.165, 1.54) is 0 Å². The summed E-state index contributed by atoms with van der Waals surface area (Å²) in [4.78, 5) is 0. The SMILES string of the molecule is [2H]C1([2H])CC(C=C)CC1([2H])[2H]. The average Bonchev–Trinajstić information content (AvgIpc) is 2.03. The third-order valence-electron chi connectivity index (χ3n) is 1.19. The maximum Gasteiger partial charge on any atom is 0.0267 e. The van der Waals surface area contributed by atoms with Crippen LogP contribution in [0.2, 0.25) is 0 Å². The molecule has 0 unspecified atom stereocenters. The Hall–Kier alpha value is -0.260. The minimum Gasteiger partial charge on any atom is -0.103 e. The van der Waals surface area contributed by atoms with Crippen LogP contribution in [0.15, 0.2) is 12.7 Å².